The molecule has 5 nitrogen and oxygen atoms in total. The molecule has 92 valence electrons. The topological polar surface area (TPSA) is 74.8 Å². The second-order valence-corrected chi connectivity index (χ2v) is 5.54. The van der Waals surface area contributed by atoms with Crippen molar-refractivity contribution in [1.29, 1.82) is 0 Å². The van der Waals surface area contributed by atoms with Crippen molar-refractivity contribution in [3.63, 3.8) is 0 Å². The Bertz CT molecular complexity index is 377. The summed E-state index contributed by atoms with van der Waals surface area (Å²) in [6, 6.07) is 1.43. The van der Waals surface area contributed by atoms with Crippen molar-refractivity contribution in [2.75, 3.05) is 12.4 Å². The summed E-state index contributed by atoms with van der Waals surface area (Å²) in [5, 5.41) is 6.12. The average molecular weight is 266 g/mol. The van der Waals surface area contributed by atoms with Crippen LogP contribution in [0.2, 0.25) is 0 Å². The summed E-state index contributed by atoms with van der Waals surface area (Å²) < 4.78 is 25.7. The van der Waals surface area contributed by atoms with Gasteiger partial charge in [-0.25, -0.2) is 13.1 Å². The fourth-order valence-corrected chi connectivity index (χ4v) is 2.42. The first kappa shape index (κ1) is 13.5. The second kappa shape index (κ2) is 6.88. The maximum absolute atomic E-state index is 11.6. The van der Waals surface area contributed by atoms with Crippen molar-refractivity contribution in [3.05, 3.63) is 12.3 Å². The van der Waals surface area contributed by atoms with Gasteiger partial charge in [-0.1, -0.05) is 12.8 Å². The predicted molar refractivity (Wildman–Crippen MR) is 63.0 cm³/mol. The first-order valence-electron chi connectivity index (χ1n) is 5.22. The minimum atomic E-state index is -3.40. The van der Waals surface area contributed by atoms with E-state index in [2.05, 4.69) is 14.9 Å². The quantitative estimate of drug-likeness (QED) is 0.552. The number of aromatic amines is 1. The van der Waals surface area contributed by atoms with Crippen LogP contribution in [0.3, 0.4) is 0 Å². The summed E-state index contributed by atoms with van der Waals surface area (Å²) in [5.41, 5.74) is 0. The van der Waals surface area contributed by atoms with Crippen LogP contribution in [0, 0.1) is 0 Å². The van der Waals surface area contributed by atoms with Crippen LogP contribution in [0.1, 0.15) is 25.7 Å². The molecule has 0 unspecified atom stereocenters. The molecular weight excluding hydrogens is 250 g/mol. The fourth-order valence-electron chi connectivity index (χ4n) is 1.25. The van der Waals surface area contributed by atoms with E-state index in [0.29, 0.717) is 12.4 Å². The molecule has 1 aromatic rings. The SMILES string of the molecule is O=S(=O)(NCCCCCCCl)c1ccn[nH]1. The summed E-state index contributed by atoms with van der Waals surface area (Å²) in [4.78, 5) is 0. The molecule has 0 saturated carbocycles. The molecule has 0 aromatic carbocycles. The highest BCUT2D eigenvalue weighted by Crippen LogP contribution is 2.04. The third-order valence-electron chi connectivity index (χ3n) is 2.12. The van der Waals surface area contributed by atoms with Crippen molar-refractivity contribution >= 4 is 21.6 Å². The van der Waals surface area contributed by atoms with Gasteiger partial charge in [0.2, 0.25) is 0 Å². The Hall–Kier alpha value is -0.590. The van der Waals surface area contributed by atoms with Gasteiger partial charge in [-0.2, -0.15) is 5.10 Å². The van der Waals surface area contributed by atoms with E-state index >= 15 is 0 Å². The lowest BCUT2D eigenvalue weighted by Crippen LogP contribution is -2.25. The van der Waals surface area contributed by atoms with E-state index in [1.807, 2.05) is 0 Å². The van der Waals surface area contributed by atoms with Crippen LogP contribution in [-0.4, -0.2) is 31.0 Å². The van der Waals surface area contributed by atoms with Gasteiger partial charge in [0, 0.05) is 12.4 Å². The van der Waals surface area contributed by atoms with E-state index < -0.39 is 10.0 Å². The number of nitrogens with zero attached hydrogens (tertiary/aromatic N) is 1. The maximum atomic E-state index is 11.6. The standard InChI is InChI=1S/C9H16ClN3O2S/c10-6-3-1-2-4-7-12-16(14,15)9-5-8-11-13-9/h5,8,12H,1-4,6-7H2,(H,11,13). The molecule has 0 amide bonds. The van der Waals surface area contributed by atoms with Crippen LogP contribution >= 0.6 is 11.6 Å². The highest BCUT2D eigenvalue weighted by molar-refractivity contribution is 7.89. The number of halogens is 1. The molecule has 0 saturated heterocycles. The van der Waals surface area contributed by atoms with Gasteiger partial charge in [0.15, 0.2) is 5.03 Å². The van der Waals surface area contributed by atoms with Crippen molar-refractivity contribution in [2.24, 2.45) is 0 Å². The van der Waals surface area contributed by atoms with Gasteiger partial charge < -0.3 is 0 Å². The molecule has 1 aromatic heterocycles. The zero-order valence-corrected chi connectivity index (χ0v) is 10.5. The van der Waals surface area contributed by atoms with Crippen LogP contribution in [0.15, 0.2) is 17.3 Å². The van der Waals surface area contributed by atoms with Crippen LogP contribution < -0.4 is 4.72 Å². The zero-order valence-electron chi connectivity index (χ0n) is 8.95. The Labute approximate surface area is 101 Å². The summed E-state index contributed by atoms with van der Waals surface area (Å²) in [5.74, 6) is 0.667. The molecule has 0 spiro atoms. The Kier molecular flexibility index (Phi) is 5.79. The van der Waals surface area contributed by atoms with E-state index in [1.54, 1.807) is 0 Å². The highest BCUT2D eigenvalue weighted by atomic mass is 35.5. The minimum Gasteiger partial charge on any atom is -0.266 e. The zero-order chi connectivity index (χ0) is 11.9. The molecule has 7 heteroatoms. The third kappa shape index (κ3) is 4.51. The molecule has 0 atom stereocenters. The number of unbranched alkanes of at least 4 members (excludes halogenated alkanes) is 3. The fraction of sp³-hybridized carbons (Fsp3) is 0.667. The number of aromatic nitrogens is 2. The van der Waals surface area contributed by atoms with Gasteiger partial charge in [-0.05, 0) is 18.9 Å². The lowest BCUT2D eigenvalue weighted by Gasteiger charge is -2.03. The molecule has 1 rings (SSSR count). The summed E-state index contributed by atoms with van der Waals surface area (Å²) >= 11 is 5.53. The smallest absolute Gasteiger partial charge is 0.257 e. The van der Waals surface area contributed by atoms with Crippen LogP contribution in [-0.2, 0) is 10.0 Å². The largest absolute Gasteiger partial charge is 0.266 e. The maximum Gasteiger partial charge on any atom is 0.257 e. The van der Waals surface area contributed by atoms with E-state index in [-0.39, 0.29) is 5.03 Å². The monoisotopic (exact) mass is 265 g/mol. The van der Waals surface area contributed by atoms with Crippen molar-refractivity contribution in [1.82, 2.24) is 14.9 Å². The van der Waals surface area contributed by atoms with E-state index in [4.69, 9.17) is 11.6 Å². The molecule has 16 heavy (non-hydrogen) atoms. The lowest BCUT2D eigenvalue weighted by molar-refractivity contribution is 0.570. The lowest BCUT2D eigenvalue weighted by atomic mass is 10.2. The number of nitrogens with one attached hydrogen (secondary N) is 2. The molecule has 0 fully saturated rings. The Morgan fingerprint density at radius 1 is 1.31 bits per heavy atom. The molecular formula is C9H16ClN3O2S. The molecule has 0 bridgehead atoms. The van der Waals surface area contributed by atoms with Gasteiger partial charge in [0.05, 0.1) is 6.20 Å². The molecule has 1 heterocycles. The molecule has 0 aliphatic heterocycles. The summed E-state index contributed by atoms with van der Waals surface area (Å²) in [6.45, 7) is 0.448. The number of H-pyrrole nitrogens is 1. The van der Waals surface area contributed by atoms with Crippen LogP contribution in [0.4, 0.5) is 0 Å². The molecule has 2 N–H and O–H groups in total. The van der Waals surface area contributed by atoms with Crippen molar-refractivity contribution in [2.45, 2.75) is 30.7 Å². The molecule has 0 aliphatic carbocycles. The van der Waals surface area contributed by atoms with E-state index in [1.165, 1.54) is 12.3 Å². The van der Waals surface area contributed by atoms with Crippen LogP contribution in [0.5, 0.6) is 0 Å². The first-order valence-corrected chi connectivity index (χ1v) is 7.23. The van der Waals surface area contributed by atoms with Gasteiger partial charge in [-0.15, -0.1) is 11.6 Å². The number of alkyl halides is 1. The minimum absolute atomic E-state index is 0.105. The number of hydrogen-bond acceptors (Lipinski definition) is 3. The Balaban J connectivity index is 2.22. The Morgan fingerprint density at radius 3 is 2.69 bits per heavy atom. The Morgan fingerprint density at radius 2 is 2.06 bits per heavy atom. The summed E-state index contributed by atoms with van der Waals surface area (Å²) in [7, 11) is -3.40. The number of hydrogen-bond donors (Lipinski definition) is 2. The molecule has 0 radical (unpaired) electrons. The van der Waals surface area contributed by atoms with Gasteiger partial charge in [-0.3, -0.25) is 5.10 Å². The number of rotatable bonds is 8. The van der Waals surface area contributed by atoms with Gasteiger partial charge in [0.1, 0.15) is 0 Å². The van der Waals surface area contributed by atoms with Crippen LogP contribution in [0.25, 0.3) is 0 Å². The third-order valence-corrected chi connectivity index (χ3v) is 3.78. The van der Waals surface area contributed by atoms with Gasteiger partial charge >= 0.3 is 0 Å². The van der Waals surface area contributed by atoms with E-state index in [0.717, 1.165) is 25.7 Å². The van der Waals surface area contributed by atoms with Crippen molar-refractivity contribution in [3.8, 4) is 0 Å². The predicted octanol–water partition coefficient (Wildman–Crippen LogP) is 1.49. The van der Waals surface area contributed by atoms with E-state index in [9.17, 15) is 8.42 Å². The average Bonchev–Trinajstić information content (AvgIpc) is 2.77. The van der Waals surface area contributed by atoms with Crippen molar-refractivity contribution < 1.29 is 8.42 Å². The first-order chi connectivity index (χ1) is 7.67. The highest BCUT2D eigenvalue weighted by Gasteiger charge is 2.13. The summed E-state index contributed by atoms with van der Waals surface area (Å²) in [6.07, 6.45) is 5.24. The molecule has 0 aliphatic rings. The second-order valence-electron chi connectivity index (χ2n) is 3.42. The number of sulfonamides is 1. The van der Waals surface area contributed by atoms with Gasteiger partial charge in [0.25, 0.3) is 10.0 Å². The normalized spacial score (nSPS) is 11.8.